The number of fused-ring (bicyclic) bond motifs is 20. The first kappa shape index (κ1) is 31.2. The number of carbonyl (C=O) groups is 2. The van der Waals surface area contributed by atoms with E-state index in [-0.39, 0.29) is 11.6 Å². The summed E-state index contributed by atoms with van der Waals surface area (Å²) in [6.45, 7) is 0. The molecule has 0 saturated heterocycles. The molecule has 260 valence electrons. The first-order chi connectivity index (χ1) is 27.6. The van der Waals surface area contributed by atoms with E-state index in [0.29, 0.717) is 11.1 Å². The van der Waals surface area contributed by atoms with E-state index in [0.717, 1.165) is 22.3 Å². The summed E-state index contributed by atoms with van der Waals surface area (Å²) >= 11 is 0. The summed E-state index contributed by atoms with van der Waals surface area (Å²) in [5.74, 6) is -0.397. The molecule has 4 aliphatic carbocycles. The summed E-state index contributed by atoms with van der Waals surface area (Å²) in [5.41, 5.74) is 19.1. The standard InChI is InChI=1S/C54H32O2/c55-51(33-25-27-41-39-17-5-11-23-47(39)53(49(41)31-33)43-19-7-1-13-35(43)36-14-2-8-20-44(36)53)29-30-52(56)34-26-28-42-40-18-6-12-24-48(40)54(50(42)32-34)45-21-9-3-15-37(45)38-16-4-10-22-46(38)54/h1-32H/b30-29+. The van der Waals surface area contributed by atoms with Gasteiger partial charge in [0, 0.05) is 11.1 Å². The van der Waals surface area contributed by atoms with E-state index in [1.165, 1.54) is 78.9 Å². The van der Waals surface area contributed by atoms with Gasteiger partial charge in [0.1, 0.15) is 0 Å². The van der Waals surface area contributed by atoms with Gasteiger partial charge in [-0.25, -0.2) is 0 Å². The fourth-order valence-electron chi connectivity index (χ4n) is 10.8. The van der Waals surface area contributed by atoms with Crippen LogP contribution in [-0.2, 0) is 10.8 Å². The molecule has 0 atom stereocenters. The number of ketones is 2. The molecule has 0 unspecified atom stereocenters. The molecule has 8 aromatic rings. The SMILES string of the molecule is O=C(/C=C/C(=O)c1ccc2c(c1)C1(c3ccccc3-c3ccccc31)c1ccccc1-2)c1ccc2c(c1)C1(c3ccccc3-c3ccccc31)c1ccccc1-2. The largest absolute Gasteiger partial charge is 0.289 e. The maximum Gasteiger partial charge on any atom is 0.185 e. The zero-order valence-corrected chi connectivity index (χ0v) is 30.3. The topological polar surface area (TPSA) is 34.1 Å². The van der Waals surface area contributed by atoms with E-state index in [1.54, 1.807) is 0 Å². The Kier molecular flexibility index (Phi) is 6.24. The quantitative estimate of drug-likeness (QED) is 0.134. The highest BCUT2D eigenvalue weighted by Crippen LogP contribution is 2.64. The van der Waals surface area contributed by atoms with Crippen molar-refractivity contribution >= 4 is 11.6 Å². The molecule has 0 aromatic heterocycles. The van der Waals surface area contributed by atoms with Crippen LogP contribution in [0, 0.1) is 0 Å². The van der Waals surface area contributed by atoms with Crippen LogP contribution in [0.5, 0.6) is 0 Å². The van der Waals surface area contributed by atoms with Crippen molar-refractivity contribution in [3.8, 4) is 44.5 Å². The molecule has 0 heterocycles. The lowest BCUT2D eigenvalue weighted by Crippen LogP contribution is -2.26. The van der Waals surface area contributed by atoms with Crippen LogP contribution < -0.4 is 0 Å². The van der Waals surface area contributed by atoms with Gasteiger partial charge in [-0.05, 0) is 113 Å². The molecule has 0 saturated carbocycles. The second kappa shape index (κ2) is 11.2. The molecule has 2 nitrogen and oxygen atoms in total. The molecule has 8 aromatic carbocycles. The van der Waals surface area contributed by atoms with Crippen LogP contribution in [0.4, 0.5) is 0 Å². The number of hydrogen-bond acceptors (Lipinski definition) is 2. The molecular weight excluding hydrogens is 681 g/mol. The third-order valence-corrected chi connectivity index (χ3v) is 12.9. The Labute approximate surface area is 325 Å². The monoisotopic (exact) mass is 712 g/mol. The van der Waals surface area contributed by atoms with Crippen molar-refractivity contribution in [1.29, 1.82) is 0 Å². The summed E-state index contributed by atoms with van der Waals surface area (Å²) in [6.07, 6.45) is 2.90. The maximum absolute atomic E-state index is 14.1. The van der Waals surface area contributed by atoms with Gasteiger partial charge in [-0.2, -0.15) is 0 Å². The van der Waals surface area contributed by atoms with Gasteiger partial charge in [0.15, 0.2) is 11.6 Å². The zero-order valence-electron chi connectivity index (χ0n) is 30.3. The molecule has 0 bridgehead atoms. The van der Waals surface area contributed by atoms with Gasteiger partial charge in [0.05, 0.1) is 10.8 Å². The lowest BCUT2D eigenvalue weighted by atomic mass is 9.70. The van der Waals surface area contributed by atoms with Crippen molar-refractivity contribution in [3.05, 3.63) is 250 Å². The van der Waals surface area contributed by atoms with Crippen LogP contribution in [-0.4, -0.2) is 11.6 Å². The number of allylic oxidation sites excluding steroid dienone is 2. The number of benzene rings is 8. The number of rotatable bonds is 4. The van der Waals surface area contributed by atoms with Crippen LogP contribution in [0.2, 0.25) is 0 Å². The average Bonchev–Trinajstić information content (AvgIpc) is 3.94. The fourth-order valence-corrected chi connectivity index (χ4v) is 10.8. The van der Waals surface area contributed by atoms with Crippen LogP contribution in [0.3, 0.4) is 0 Å². The minimum atomic E-state index is -0.537. The molecule has 0 radical (unpaired) electrons. The second-order valence-electron chi connectivity index (χ2n) is 15.4. The van der Waals surface area contributed by atoms with Gasteiger partial charge in [0.25, 0.3) is 0 Å². The highest BCUT2D eigenvalue weighted by molar-refractivity contribution is 6.13. The van der Waals surface area contributed by atoms with Crippen molar-refractivity contribution in [3.63, 3.8) is 0 Å². The van der Waals surface area contributed by atoms with Crippen LogP contribution >= 0.6 is 0 Å². The Balaban J connectivity index is 0.948. The Hall–Kier alpha value is -7.16. The van der Waals surface area contributed by atoms with E-state index in [2.05, 4.69) is 170 Å². The molecule has 12 rings (SSSR count). The van der Waals surface area contributed by atoms with Gasteiger partial charge in [-0.15, -0.1) is 0 Å². The molecule has 0 aliphatic heterocycles. The molecule has 0 fully saturated rings. The van der Waals surface area contributed by atoms with Gasteiger partial charge >= 0.3 is 0 Å². The van der Waals surface area contributed by atoms with Crippen LogP contribution in [0.15, 0.2) is 194 Å². The minimum Gasteiger partial charge on any atom is -0.289 e. The minimum absolute atomic E-state index is 0.199. The highest BCUT2D eigenvalue weighted by atomic mass is 16.1. The summed E-state index contributed by atoms with van der Waals surface area (Å²) in [6, 6.07) is 64.0. The lowest BCUT2D eigenvalue weighted by Gasteiger charge is -2.30. The first-order valence-electron chi connectivity index (χ1n) is 19.3. The van der Waals surface area contributed by atoms with E-state index in [4.69, 9.17) is 0 Å². The van der Waals surface area contributed by atoms with Crippen LogP contribution in [0.25, 0.3) is 44.5 Å². The van der Waals surface area contributed by atoms with Gasteiger partial charge in [-0.1, -0.05) is 170 Å². The second-order valence-corrected chi connectivity index (χ2v) is 15.4. The zero-order chi connectivity index (χ0) is 37.2. The van der Waals surface area contributed by atoms with Crippen LogP contribution in [0.1, 0.15) is 65.2 Å². The van der Waals surface area contributed by atoms with Crippen molar-refractivity contribution in [1.82, 2.24) is 0 Å². The van der Waals surface area contributed by atoms with Gasteiger partial charge in [-0.3, -0.25) is 9.59 Å². The van der Waals surface area contributed by atoms with Crippen molar-refractivity contribution < 1.29 is 9.59 Å². The first-order valence-corrected chi connectivity index (χ1v) is 19.3. The average molecular weight is 713 g/mol. The summed E-state index contributed by atoms with van der Waals surface area (Å²) < 4.78 is 0. The Morgan fingerprint density at radius 2 is 0.518 bits per heavy atom. The molecule has 56 heavy (non-hydrogen) atoms. The maximum atomic E-state index is 14.1. The Morgan fingerprint density at radius 3 is 0.786 bits per heavy atom. The van der Waals surface area contributed by atoms with E-state index in [9.17, 15) is 9.59 Å². The lowest BCUT2D eigenvalue weighted by molar-refractivity contribution is 0.102. The van der Waals surface area contributed by atoms with E-state index < -0.39 is 10.8 Å². The molecule has 4 aliphatic rings. The smallest absolute Gasteiger partial charge is 0.185 e. The Morgan fingerprint density at radius 1 is 0.286 bits per heavy atom. The fraction of sp³-hybridized carbons (Fsp3) is 0.0370. The molecule has 0 amide bonds. The number of hydrogen-bond donors (Lipinski definition) is 0. The van der Waals surface area contributed by atoms with E-state index >= 15 is 0 Å². The summed E-state index contributed by atoms with van der Waals surface area (Å²) in [4.78, 5) is 28.2. The molecular formula is C54H32O2. The number of carbonyl (C=O) groups excluding carboxylic acids is 2. The third kappa shape index (κ3) is 3.76. The van der Waals surface area contributed by atoms with Crippen molar-refractivity contribution in [2.45, 2.75) is 10.8 Å². The third-order valence-electron chi connectivity index (χ3n) is 12.9. The summed E-state index contributed by atoms with van der Waals surface area (Å²) in [7, 11) is 0. The Bertz CT molecular complexity index is 2750. The van der Waals surface area contributed by atoms with Crippen molar-refractivity contribution in [2.75, 3.05) is 0 Å². The molecule has 2 spiro atoms. The van der Waals surface area contributed by atoms with Gasteiger partial charge < -0.3 is 0 Å². The summed E-state index contributed by atoms with van der Waals surface area (Å²) in [5, 5.41) is 0. The molecule has 0 N–H and O–H groups in total. The van der Waals surface area contributed by atoms with Gasteiger partial charge in [0.2, 0.25) is 0 Å². The molecule has 2 heteroatoms. The van der Waals surface area contributed by atoms with Crippen molar-refractivity contribution in [2.24, 2.45) is 0 Å². The normalized spacial score (nSPS) is 14.8. The highest BCUT2D eigenvalue weighted by Gasteiger charge is 2.53. The predicted octanol–water partition coefficient (Wildman–Crippen LogP) is 12.0. The predicted molar refractivity (Wildman–Crippen MR) is 223 cm³/mol. The van der Waals surface area contributed by atoms with E-state index in [1.807, 2.05) is 12.1 Å².